The quantitative estimate of drug-likeness (QED) is 0.786. The Morgan fingerprint density at radius 1 is 1.47 bits per heavy atom. The van der Waals surface area contributed by atoms with Crippen molar-refractivity contribution in [3.8, 4) is 12.3 Å². The Morgan fingerprint density at radius 2 is 2.11 bits per heavy atom. The summed E-state index contributed by atoms with van der Waals surface area (Å²) in [5.41, 5.74) is -0.319. The van der Waals surface area contributed by atoms with Gasteiger partial charge in [-0.15, -0.1) is 6.42 Å². The van der Waals surface area contributed by atoms with E-state index in [0.29, 0.717) is 13.0 Å². The van der Waals surface area contributed by atoms with Crippen LogP contribution in [-0.4, -0.2) is 35.3 Å². The van der Waals surface area contributed by atoms with Gasteiger partial charge in [0.05, 0.1) is 6.04 Å². The zero-order valence-corrected chi connectivity index (χ0v) is 12.3. The number of carbonyl (C=O) groups is 2. The van der Waals surface area contributed by atoms with Gasteiger partial charge >= 0.3 is 0 Å². The minimum atomic E-state index is -0.504. The van der Waals surface area contributed by atoms with Gasteiger partial charge in [0.2, 0.25) is 11.8 Å². The maximum atomic E-state index is 12.6. The average Bonchev–Trinajstić information content (AvgIpc) is 2.46. The summed E-state index contributed by atoms with van der Waals surface area (Å²) < 4.78 is 0. The smallest absolute Gasteiger partial charge is 0.246 e. The SMILES string of the molecule is C#CC(CCC)N1CCC(=O)NC(C(C)(C)C)C1=O. The van der Waals surface area contributed by atoms with Crippen molar-refractivity contribution in [2.24, 2.45) is 5.41 Å². The van der Waals surface area contributed by atoms with Crippen LogP contribution < -0.4 is 5.32 Å². The molecule has 1 saturated heterocycles. The van der Waals surface area contributed by atoms with E-state index < -0.39 is 6.04 Å². The molecule has 1 aliphatic rings. The predicted molar refractivity (Wildman–Crippen MR) is 75.2 cm³/mol. The maximum Gasteiger partial charge on any atom is 0.246 e. The van der Waals surface area contributed by atoms with Gasteiger partial charge in [-0.25, -0.2) is 0 Å². The molecule has 0 saturated carbocycles. The molecule has 0 aliphatic carbocycles. The van der Waals surface area contributed by atoms with E-state index in [1.807, 2.05) is 27.7 Å². The van der Waals surface area contributed by atoms with Gasteiger partial charge in [-0.2, -0.15) is 0 Å². The van der Waals surface area contributed by atoms with Gasteiger partial charge in [-0.1, -0.05) is 40.0 Å². The largest absolute Gasteiger partial charge is 0.344 e. The molecule has 0 spiro atoms. The van der Waals surface area contributed by atoms with Crippen LogP contribution in [0.5, 0.6) is 0 Å². The van der Waals surface area contributed by atoms with Crippen molar-refractivity contribution in [1.82, 2.24) is 10.2 Å². The fourth-order valence-corrected chi connectivity index (χ4v) is 2.29. The molecule has 0 aromatic rings. The predicted octanol–water partition coefficient (Wildman–Crippen LogP) is 1.55. The molecular formula is C15H24N2O2. The molecular weight excluding hydrogens is 240 g/mol. The molecule has 4 nitrogen and oxygen atoms in total. The molecule has 1 aliphatic heterocycles. The van der Waals surface area contributed by atoms with Gasteiger partial charge in [0.25, 0.3) is 0 Å². The minimum absolute atomic E-state index is 0.0604. The first kappa shape index (κ1) is 15.6. The van der Waals surface area contributed by atoms with E-state index in [-0.39, 0.29) is 23.3 Å². The monoisotopic (exact) mass is 264 g/mol. The van der Waals surface area contributed by atoms with Crippen LogP contribution in [0.1, 0.15) is 47.0 Å². The van der Waals surface area contributed by atoms with Crippen LogP contribution in [0, 0.1) is 17.8 Å². The molecule has 0 aromatic heterocycles. The molecule has 2 amide bonds. The lowest BCUT2D eigenvalue weighted by Crippen LogP contribution is -2.53. The molecule has 1 fully saturated rings. The maximum absolute atomic E-state index is 12.6. The Balaban J connectivity index is 3.02. The summed E-state index contributed by atoms with van der Waals surface area (Å²) in [7, 11) is 0. The van der Waals surface area contributed by atoms with Crippen molar-refractivity contribution in [2.45, 2.75) is 59.0 Å². The van der Waals surface area contributed by atoms with Crippen molar-refractivity contribution in [2.75, 3.05) is 6.54 Å². The van der Waals surface area contributed by atoms with E-state index in [1.165, 1.54) is 0 Å². The zero-order valence-electron chi connectivity index (χ0n) is 12.3. The number of amides is 2. The standard InChI is InChI=1S/C15H24N2O2/c1-6-8-11(7-2)17-10-9-12(18)16-13(14(17)19)15(3,4)5/h2,11,13H,6,8-10H2,1,3-5H3,(H,16,18). The van der Waals surface area contributed by atoms with Crippen molar-refractivity contribution < 1.29 is 9.59 Å². The summed E-state index contributed by atoms with van der Waals surface area (Å²) in [6.07, 6.45) is 7.55. The summed E-state index contributed by atoms with van der Waals surface area (Å²) >= 11 is 0. The van der Waals surface area contributed by atoms with Crippen molar-refractivity contribution in [3.63, 3.8) is 0 Å². The van der Waals surface area contributed by atoms with Crippen molar-refractivity contribution in [1.29, 1.82) is 0 Å². The van der Waals surface area contributed by atoms with E-state index in [4.69, 9.17) is 6.42 Å². The topological polar surface area (TPSA) is 49.4 Å². The van der Waals surface area contributed by atoms with Gasteiger partial charge in [0, 0.05) is 13.0 Å². The molecule has 2 unspecified atom stereocenters. The first-order valence-electron chi connectivity index (χ1n) is 6.87. The number of carbonyl (C=O) groups excluding carboxylic acids is 2. The lowest BCUT2D eigenvalue weighted by molar-refractivity contribution is -0.137. The molecule has 1 heterocycles. The summed E-state index contributed by atoms with van der Waals surface area (Å²) in [5.74, 6) is 2.54. The third kappa shape index (κ3) is 3.73. The van der Waals surface area contributed by atoms with E-state index in [9.17, 15) is 9.59 Å². The van der Waals surface area contributed by atoms with Crippen molar-refractivity contribution >= 4 is 11.8 Å². The normalized spacial score (nSPS) is 22.5. The van der Waals surface area contributed by atoms with E-state index >= 15 is 0 Å². The van der Waals surface area contributed by atoms with Gasteiger partial charge in [0.1, 0.15) is 6.04 Å². The highest BCUT2D eigenvalue weighted by atomic mass is 16.2. The highest BCUT2D eigenvalue weighted by molar-refractivity contribution is 5.90. The summed E-state index contributed by atoms with van der Waals surface area (Å²) in [6, 6.07) is -0.717. The Hall–Kier alpha value is -1.50. The molecule has 1 N–H and O–H groups in total. The lowest BCUT2D eigenvalue weighted by Gasteiger charge is -2.34. The Bertz CT molecular complexity index is 390. The fourth-order valence-electron chi connectivity index (χ4n) is 2.29. The molecule has 2 atom stereocenters. The average molecular weight is 264 g/mol. The van der Waals surface area contributed by atoms with Crippen LogP contribution in [0.25, 0.3) is 0 Å². The van der Waals surface area contributed by atoms with Gasteiger partial charge in [0.15, 0.2) is 0 Å². The second-order valence-electron chi connectivity index (χ2n) is 6.12. The number of terminal acetylenes is 1. The minimum Gasteiger partial charge on any atom is -0.344 e. The summed E-state index contributed by atoms with van der Waals surface area (Å²) in [6.45, 7) is 8.29. The number of nitrogens with zero attached hydrogens (tertiary/aromatic N) is 1. The van der Waals surface area contributed by atoms with Gasteiger partial charge in [-0.05, 0) is 11.8 Å². The Kier molecular flexibility index (Phi) is 4.99. The van der Waals surface area contributed by atoms with Crippen LogP contribution in [0.3, 0.4) is 0 Å². The Morgan fingerprint density at radius 3 is 2.58 bits per heavy atom. The number of nitrogens with one attached hydrogen (secondary N) is 1. The van der Waals surface area contributed by atoms with E-state index in [0.717, 1.165) is 12.8 Å². The second-order valence-corrected chi connectivity index (χ2v) is 6.12. The van der Waals surface area contributed by atoms with Gasteiger partial charge < -0.3 is 10.2 Å². The molecule has 19 heavy (non-hydrogen) atoms. The second kappa shape index (κ2) is 6.10. The molecule has 0 radical (unpaired) electrons. The third-order valence-corrected chi connectivity index (χ3v) is 3.41. The Labute approximate surface area is 115 Å². The summed E-state index contributed by atoms with van der Waals surface area (Å²) in [5, 5.41) is 2.82. The summed E-state index contributed by atoms with van der Waals surface area (Å²) in [4.78, 5) is 26.1. The van der Waals surface area contributed by atoms with Crippen LogP contribution in [-0.2, 0) is 9.59 Å². The third-order valence-electron chi connectivity index (χ3n) is 3.41. The fraction of sp³-hybridized carbons (Fsp3) is 0.733. The van der Waals surface area contributed by atoms with Crippen LogP contribution >= 0.6 is 0 Å². The molecule has 0 aromatic carbocycles. The van der Waals surface area contributed by atoms with Crippen LogP contribution in [0.4, 0.5) is 0 Å². The first-order valence-corrected chi connectivity index (χ1v) is 6.87. The number of rotatable bonds is 3. The van der Waals surface area contributed by atoms with E-state index in [1.54, 1.807) is 4.90 Å². The molecule has 0 bridgehead atoms. The molecule has 1 rings (SSSR count). The lowest BCUT2D eigenvalue weighted by atomic mass is 9.85. The number of hydrogen-bond acceptors (Lipinski definition) is 2. The zero-order chi connectivity index (χ0) is 14.6. The molecule has 106 valence electrons. The van der Waals surface area contributed by atoms with Crippen molar-refractivity contribution in [3.05, 3.63) is 0 Å². The number of hydrogen-bond donors (Lipinski definition) is 1. The highest BCUT2D eigenvalue weighted by Gasteiger charge is 2.39. The van der Waals surface area contributed by atoms with Crippen LogP contribution in [0.2, 0.25) is 0 Å². The van der Waals surface area contributed by atoms with E-state index in [2.05, 4.69) is 11.2 Å². The van der Waals surface area contributed by atoms with Crippen LogP contribution in [0.15, 0.2) is 0 Å². The highest BCUT2D eigenvalue weighted by Crippen LogP contribution is 2.24. The molecule has 4 heteroatoms. The van der Waals surface area contributed by atoms with Gasteiger partial charge in [-0.3, -0.25) is 9.59 Å². The first-order chi connectivity index (χ1) is 8.81.